The van der Waals surface area contributed by atoms with Crippen molar-refractivity contribution in [3.63, 3.8) is 0 Å². The van der Waals surface area contributed by atoms with Gasteiger partial charge in [-0.3, -0.25) is 4.79 Å². The lowest BCUT2D eigenvalue weighted by atomic mass is 10.2. The number of esters is 1. The second-order valence-corrected chi connectivity index (χ2v) is 12.4. The molecule has 4 nitrogen and oxygen atoms in total. The Bertz CT molecular complexity index is 752. The molecule has 0 saturated heterocycles. The Morgan fingerprint density at radius 1 is 1.07 bits per heavy atom. The molecule has 0 amide bonds. The van der Waals surface area contributed by atoms with Crippen LogP contribution in [0.25, 0.3) is 0 Å². The Balaban J connectivity index is 2.61. The topological polar surface area (TPSA) is 55.8 Å². The number of hydrogen-bond acceptors (Lipinski definition) is 4. The van der Waals surface area contributed by atoms with Gasteiger partial charge in [0.15, 0.2) is 0 Å². The van der Waals surface area contributed by atoms with E-state index in [0.29, 0.717) is 13.0 Å². The van der Waals surface area contributed by atoms with Crippen LogP contribution in [-0.2, 0) is 14.0 Å². The lowest BCUT2D eigenvalue weighted by Gasteiger charge is -2.45. The minimum absolute atomic E-state index is 0.0265. The van der Waals surface area contributed by atoms with Crippen LogP contribution in [0, 0.1) is 0 Å². The summed E-state index contributed by atoms with van der Waals surface area (Å²) >= 11 is 0. The third-order valence-electron chi connectivity index (χ3n) is 4.91. The first-order valence-electron chi connectivity index (χ1n) is 10.8. The number of aliphatic hydroxyl groups is 1. The first-order chi connectivity index (χ1) is 14.2. The van der Waals surface area contributed by atoms with Gasteiger partial charge >= 0.3 is 5.97 Å². The molecule has 1 atom stereocenters. The maximum Gasteiger partial charge on any atom is 0.308 e. The fraction of sp³-hybridized carbons (Fsp3) is 0.458. The average Bonchev–Trinajstić information content (AvgIpc) is 2.71. The highest BCUT2D eigenvalue weighted by Gasteiger charge is 2.51. The second kappa shape index (κ2) is 10.7. The summed E-state index contributed by atoms with van der Waals surface area (Å²) in [6.07, 6.45) is -1.08. The maximum atomic E-state index is 12.4. The first-order valence-corrected chi connectivity index (χ1v) is 12.2. The quantitative estimate of drug-likeness (QED) is 0.475. The number of hydrogen-bond donors (Lipinski definition) is 1. The van der Waals surface area contributed by atoms with Crippen LogP contribution in [0.2, 0.25) is 5.04 Å². The number of benzene rings is 2. The predicted octanol–water partition coefficient (Wildman–Crippen LogP) is 3.66. The van der Waals surface area contributed by atoms with Gasteiger partial charge in [0.1, 0.15) is 0 Å². The van der Waals surface area contributed by atoms with E-state index in [-0.39, 0.29) is 24.5 Å². The number of carbonyl (C=O) groups is 1. The zero-order chi connectivity index (χ0) is 22.3. The molecule has 0 aliphatic rings. The van der Waals surface area contributed by atoms with Crippen LogP contribution < -0.4 is 10.4 Å². The third-order valence-corrected chi connectivity index (χ3v) is 9.91. The van der Waals surface area contributed by atoms with E-state index in [1.54, 1.807) is 0 Å². The molecule has 2 rings (SSSR count). The van der Waals surface area contributed by atoms with Gasteiger partial charge in [0.05, 0.1) is 20.5 Å². The average molecular weight is 416 g/mol. The molecule has 2 aromatic rings. The molecule has 0 aromatic heterocycles. The van der Waals surface area contributed by atoms with Crippen LogP contribution in [0.3, 0.4) is 0 Å². The summed E-state index contributed by atoms with van der Waals surface area (Å²) in [6, 6.07) is 20.0. The van der Waals surface area contributed by atoms with Gasteiger partial charge in [-0.05, 0) is 28.3 Å². The SMILES string of the molecule is [2H][C@](CCO)(CC(=O)OCCC)O[Si](c1ccccc1)(c1ccccc1)C(C)(C)C. The summed E-state index contributed by atoms with van der Waals surface area (Å²) < 4.78 is 21.1. The Kier molecular flexibility index (Phi) is 8.04. The standard InChI is InChI=1S/C24H34O4Si/c1-5-18-27-23(26)19-20(16-17-25)28-29(24(2,3)4,21-12-8-6-9-13-21)22-14-10-7-11-15-22/h6-15,20,25H,5,16-19H2,1-4H3/t20-/m0/s1/i20D. The van der Waals surface area contributed by atoms with Crippen LogP contribution in [0.4, 0.5) is 0 Å². The molecule has 2 aromatic carbocycles. The van der Waals surface area contributed by atoms with E-state index < -0.39 is 20.4 Å². The van der Waals surface area contributed by atoms with Crippen molar-refractivity contribution in [1.82, 2.24) is 0 Å². The van der Waals surface area contributed by atoms with Gasteiger partial charge in [-0.25, -0.2) is 0 Å². The van der Waals surface area contributed by atoms with Crippen molar-refractivity contribution in [2.45, 2.75) is 58.1 Å². The molecule has 0 spiro atoms. The van der Waals surface area contributed by atoms with E-state index >= 15 is 0 Å². The Labute approximate surface area is 177 Å². The monoisotopic (exact) mass is 415 g/mol. The van der Waals surface area contributed by atoms with Gasteiger partial charge in [-0.15, -0.1) is 0 Å². The Morgan fingerprint density at radius 2 is 1.59 bits per heavy atom. The van der Waals surface area contributed by atoms with Gasteiger partial charge in [0.25, 0.3) is 8.32 Å². The normalized spacial score (nSPS) is 14.7. The minimum Gasteiger partial charge on any atom is -0.466 e. The van der Waals surface area contributed by atoms with Crippen molar-refractivity contribution in [1.29, 1.82) is 0 Å². The zero-order valence-corrected chi connectivity index (χ0v) is 19.0. The van der Waals surface area contributed by atoms with Gasteiger partial charge < -0.3 is 14.3 Å². The molecular weight excluding hydrogens is 380 g/mol. The van der Waals surface area contributed by atoms with E-state index in [4.69, 9.17) is 10.5 Å². The van der Waals surface area contributed by atoms with Crippen molar-refractivity contribution in [3.05, 3.63) is 60.7 Å². The van der Waals surface area contributed by atoms with Crippen molar-refractivity contribution < 1.29 is 20.4 Å². The van der Waals surface area contributed by atoms with Crippen molar-refractivity contribution in [2.24, 2.45) is 0 Å². The fourth-order valence-electron chi connectivity index (χ4n) is 3.59. The number of carbonyl (C=O) groups excluding carboxylic acids is 1. The van der Waals surface area contributed by atoms with Gasteiger partial charge in [-0.2, -0.15) is 0 Å². The molecule has 0 unspecified atom stereocenters. The minimum atomic E-state index is -3.03. The van der Waals surface area contributed by atoms with Crippen LogP contribution in [-0.4, -0.2) is 38.7 Å². The summed E-state index contributed by atoms with van der Waals surface area (Å²) in [5, 5.41) is 11.4. The number of ether oxygens (including phenoxy) is 1. The summed E-state index contributed by atoms with van der Waals surface area (Å²) in [7, 11) is -3.03. The van der Waals surface area contributed by atoms with Gasteiger partial charge in [-0.1, -0.05) is 88.4 Å². The van der Waals surface area contributed by atoms with Crippen LogP contribution in [0.15, 0.2) is 60.7 Å². The molecule has 0 fully saturated rings. The van der Waals surface area contributed by atoms with Gasteiger partial charge in [0.2, 0.25) is 0 Å². The fourth-order valence-corrected chi connectivity index (χ4v) is 8.13. The van der Waals surface area contributed by atoms with Crippen LogP contribution in [0.5, 0.6) is 0 Å². The molecule has 1 N–H and O–H groups in total. The summed E-state index contributed by atoms with van der Waals surface area (Å²) in [6.45, 7) is 8.35. The Hall–Kier alpha value is -1.95. The zero-order valence-electron chi connectivity index (χ0n) is 19.0. The van der Waals surface area contributed by atoms with E-state index in [1.165, 1.54) is 0 Å². The van der Waals surface area contributed by atoms with Crippen LogP contribution >= 0.6 is 0 Å². The molecule has 0 saturated carbocycles. The third kappa shape index (κ3) is 5.78. The van der Waals surface area contributed by atoms with E-state index in [1.807, 2.05) is 67.6 Å². The molecule has 0 heterocycles. The maximum absolute atomic E-state index is 12.4. The molecule has 158 valence electrons. The number of aliphatic hydroxyl groups excluding tert-OH is 1. The van der Waals surface area contributed by atoms with Crippen molar-refractivity contribution >= 4 is 24.7 Å². The molecule has 0 aliphatic carbocycles. The second-order valence-electron chi connectivity index (χ2n) is 8.17. The smallest absolute Gasteiger partial charge is 0.308 e. The first kappa shape index (κ1) is 21.7. The highest BCUT2D eigenvalue weighted by atomic mass is 28.4. The van der Waals surface area contributed by atoms with Crippen molar-refractivity contribution in [2.75, 3.05) is 13.2 Å². The summed E-state index contributed by atoms with van der Waals surface area (Å²) in [5.41, 5.74) is 0. The summed E-state index contributed by atoms with van der Waals surface area (Å²) in [5.74, 6) is -0.474. The highest BCUT2D eigenvalue weighted by molar-refractivity contribution is 6.99. The van der Waals surface area contributed by atoms with Crippen molar-refractivity contribution in [3.8, 4) is 0 Å². The molecule has 0 bridgehead atoms. The Morgan fingerprint density at radius 3 is 2.00 bits per heavy atom. The molecule has 0 radical (unpaired) electrons. The lowest BCUT2D eigenvalue weighted by Crippen LogP contribution is -2.67. The molecular formula is C24H34O4Si. The predicted molar refractivity (Wildman–Crippen MR) is 120 cm³/mol. The molecule has 5 heteroatoms. The molecule has 0 aliphatic heterocycles. The van der Waals surface area contributed by atoms with Gasteiger partial charge in [0, 0.05) is 6.61 Å². The highest BCUT2D eigenvalue weighted by Crippen LogP contribution is 2.38. The lowest BCUT2D eigenvalue weighted by molar-refractivity contribution is -0.145. The number of rotatable bonds is 10. The van der Waals surface area contributed by atoms with E-state index in [9.17, 15) is 9.90 Å². The van der Waals surface area contributed by atoms with E-state index in [2.05, 4.69) is 20.8 Å². The molecule has 29 heavy (non-hydrogen) atoms. The van der Waals surface area contributed by atoms with E-state index in [0.717, 1.165) is 10.4 Å². The summed E-state index contributed by atoms with van der Waals surface area (Å²) in [4.78, 5) is 12.4. The van der Waals surface area contributed by atoms with Crippen LogP contribution in [0.1, 0.15) is 48.3 Å². The largest absolute Gasteiger partial charge is 0.466 e.